The SMILES string of the molecule is COc1cccc(Nc2ccc([C@H]3C[C@@H]3N)cc2)c1.Cl. The van der Waals surface area contributed by atoms with Crippen LogP contribution in [0.1, 0.15) is 17.9 Å². The normalized spacial score (nSPS) is 19.9. The van der Waals surface area contributed by atoms with E-state index in [0.29, 0.717) is 12.0 Å². The van der Waals surface area contributed by atoms with Crippen LogP contribution in [0.3, 0.4) is 0 Å². The minimum atomic E-state index is 0. The predicted octanol–water partition coefficient (Wildman–Crippen LogP) is 3.68. The Hall–Kier alpha value is -1.71. The van der Waals surface area contributed by atoms with Gasteiger partial charge < -0.3 is 15.8 Å². The summed E-state index contributed by atoms with van der Waals surface area (Å²) in [7, 11) is 1.67. The molecule has 0 aliphatic heterocycles. The number of nitrogens with two attached hydrogens (primary N) is 1. The zero-order valence-electron chi connectivity index (χ0n) is 11.4. The third kappa shape index (κ3) is 3.24. The van der Waals surface area contributed by atoms with E-state index in [9.17, 15) is 0 Å². The van der Waals surface area contributed by atoms with Crippen molar-refractivity contribution in [3.63, 3.8) is 0 Å². The number of anilines is 2. The van der Waals surface area contributed by atoms with E-state index in [4.69, 9.17) is 10.5 Å². The highest BCUT2D eigenvalue weighted by atomic mass is 35.5. The van der Waals surface area contributed by atoms with Gasteiger partial charge in [-0.1, -0.05) is 18.2 Å². The lowest BCUT2D eigenvalue weighted by atomic mass is 10.1. The van der Waals surface area contributed by atoms with Gasteiger partial charge in [-0.25, -0.2) is 0 Å². The minimum absolute atomic E-state index is 0. The van der Waals surface area contributed by atoms with E-state index in [1.54, 1.807) is 7.11 Å². The molecule has 0 aromatic heterocycles. The molecule has 1 fully saturated rings. The lowest BCUT2D eigenvalue weighted by Gasteiger charge is -2.09. The van der Waals surface area contributed by atoms with Gasteiger partial charge >= 0.3 is 0 Å². The molecule has 106 valence electrons. The smallest absolute Gasteiger partial charge is 0.120 e. The fourth-order valence-corrected chi connectivity index (χ4v) is 2.28. The molecule has 3 nitrogen and oxygen atoms in total. The molecule has 0 spiro atoms. The van der Waals surface area contributed by atoms with Crippen LogP contribution < -0.4 is 15.8 Å². The second-order valence-corrected chi connectivity index (χ2v) is 4.99. The number of methoxy groups -OCH3 is 1. The van der Waals surface area contributed by atoms with E-state index in [0.717, 1.165) is 23.5 Å². The van der Waals surface area contributed by atoms with Crippen molar-refractivity contribution in [3.05, 3.63) is 54.1 Å². The van der Waals surface area contributed by atoms with Crippen molar-refractivity contribution in [2.75, 3.05) is 12.4 Å². The molecular formula is C16H19ClN2O. The standard InChI is InChI=1S/C16H18N2O.ClH/c1-19-14-4-2-3-13(9-14)18-12-7-5-11(6-8-12)15-10-16(15)17;/h2-9,15-16,18H,10,17H2,1H3;1H/t15-,16+;/m1./s1. The molecule has 2 aromatic carbocycles. The lowest BCUT2D eigenvalue weighted by molar-refractivity contribution is 0.415. The summed E-state index contributed by atoms with van der Waals surface area (Å²) in [5, 5.41) is 3.37. The number of hydrogen-bond acceptors (Lipinski definition) is 3. The number of ether oxygens (including phenoxy) is 1. The van der Waals surface area contributed by atoms with Crippen molar-refractivity contribution < 1.29 is 4.74 Å². The fraction of sp³-hybridized carbons (Fsp3) is 0.250. The Labute approximate surface area is 125 Å². The fourth-order valence-electron chi connectivity index (χ4n) is 2.28. The molecular weight excluding hydrogens is 272 g/mol. The second kappa shape index (κ2) is 6.16. The predicted molar refractivity (Wildman–Crippen MR) is 85.3 cm³/mol. The molecule has 0 amide bonds. The third-order valence-corrected chi connectivity index (χ3v) is 3.54. The quantitative estimate of drug-likeness (QED) is 0.903. The summed E-state index contributed by atoms with van der Waals surface area (Å²) < 4.78 is 5.21. The topological polar surface area (TPSA) is 47.3 Å². The highest BCUT2D eigenvalue weighted by Gasteiger charge is 2.34. The minimum Gasteiger partial charge on any atom is -0.497 e. The van der Waals surface area contributed by atoms with Gasteiger partial charge in [0, 0.05) is 29.4 Å². The van der Waals surface area contributed by atoms with Crippen LogP contribution in [0.2, 0.25) is 0 Å². The number of nitrogens with one attached hydrogen (secondary N) is 1. The Balaban J connectivity index is 0.00000147. The summed E-state index contributed by atoms with van der Waals surface area (Å²) in [5.74, 6) is 1.41. The van der Waals surface area contributed by atoms with E-state index in [1.807, 2.05) is 24.3 Å². The third-order valence-electron chi connectivity index (χ3n) is 3.54. The number of hydrogen-bond donors (Lipinski definition) is 2. The van der Waals surface area contributed by atoms with E-state index in [1.165, 1.54) is 5.56 Å². The molecule has 2 aromatic rings. The van der Waals surface area contributed by atoms with Crippen LogP contribution in [-0.4, -0.2) is 13.2 Å². The molecule has 20 heavy (non-hydrogen) atoms. The Morgan fingerprint density at radius 3 is 2.40 bits per heavy atom. The molecule has 0 bridgehead atoms. The van der Waals surface area contributed by atoms with Crippen molar-refractivity contribution in [2.45, 2.75) is 18.4 Å². The first-order valence-corrected chi connectivity index (χ1v) is 6.53. The van der Waals surface area contributed by atoms with Crippen molar-refractivity contribution in [3.8, 4) is 5.75 Å². The Morgan fingerprint density at radius 1 is 1.10 bits per heavy atom. The first-order chi connectivity index (χ1) is 9.26. The largest absolute Gasteiger partial charge is 0.497 e. The van der Waals surface area contributed by atoms with Gasteiger partial charge in [-0.3, -0.25) is 0 Å². The molecule has 0 radical (unpaired) electrons. The van der Waals surface area contributed by atoms with Gasteiger partial charge in [-0.15, -0.1) is 12.4 Å². The second-order valence-electron chi connectivity index (χ2n) is 4.99. The molecule has 0 saturated heterocycles. The van der Waals surface area contributed by atoms with Crippen LogP contribution >= 0.6 is 12.4 Å². The van der Waals surface area contributed by atoms with Crippen molar-refractivity contribution in [2.24, 2.45) is 5.73 Å². The van der Waals surface area contributed by atoms with E-state index in [2.05, 4.69) is 29.6 Å². The van der Waals surface area contributed by atoms with Gasteiger partial charge in [0.2, 0.25) is 0 Å². The van der Waals surface area contributed by atoms with Crippen LogP contribution in [0.4, 0.5) is 11.4 Å². The monoisotopic (exact) mass is 290 g/mol. The molecule has 0 heterocycles. The van der Waals surface area contributed by atoms with E-state index < -0.39 is 0 Å². The Kier molecular flexibility index (Phi) is 4.53. The molecule has 3 rings (SSSR count). The summed E-state index contributed by atoms with van der Waals surface area (Å²) >= 11 is 0. The summed E-state index contributed by atoms with van der Waals surface area (Å²) in [6, 6.07) is 16.8. The molecule has 1 saturated carbocycles. The Bertz CT molecular complexity index is 571. The number of rotatable bonds is 4. The maximum atomic E-state index is 5.86. The Morgan fingerprint density at radius 2 is 1.80 bits per heavy atom. The molecule has 0 unspecified atom stereocenters. The highest BCUT2D eigenvalue weighted by Crippen LogP contribution is 2.39. The average molecular weight is 291 g/mol. The van der Waals surface area contributed by atoms with Gasteiger partial charge in [-0.2, -0.15) is 0 Å². The first-order valence-electron chi connectivity index (χ1n) is 6.53. The lowest BCUT2D eigenvalue weighted by Crippen LogP contribution is -2.00. The zero-order chi connectivity index (χ0) is 13.2. The first kappa shape index (κ1) is 14.7. The van der Waals surface area contributed by atoms with Crippen LogP contribution in [-0.2, 0) is 0 Å². The van der Waals surface area contributed by atoms with Gasteiger partial charge in [-0.05, 0) is 36.2 Å². The van der Waals surface area contributed by atoms with Gasteiger partial charge in [0.15, 0.2) is 0 Å². The molecule has 3 N–H and O–H groups in total. The molecule has 4 heteroatoms. The highest BCUT2D eigenvalue weighted by molar-refractivity contribution is 5.85. The van der Waals surface area contributed by atoms with Crippen molar-refractivity contribution in [1.29, 1.82) is 0 Å². The maximum Gasteiger partial charge on any atom is 0.120 e. The van der Waals surface area contributed by atoms with Crippen molar-refractivity contribution >= 4 is 23.8 Å². The molecule has 2 atom stereocenters. The summed E-state index contributed by atoms with van der Waals surface area (Å²) in [6.07, 6.45) is 1.11. The summed E-state index contributed by atoms with van der Waals surface area (Å²) in [4.78, 5) is 0. The number of halogens is 1. The zero-order valence-corrected chi connectivity index (χ0v) is 12.2. The molecule has 1 aliphatic carbocycles. The van der Waals surface area contributed by atoms with E-state index >= 15 is 0 Å². The van der Waals surface area contributed by atoms with E-state index in [-0.39, 0.29) is 12.4 Å². The maximum absolute atomic E-state index is 5.86. The van der Waals surface area contributed by atoms with Crippen LogP contribution in [0.25, 0.3) is 0 Å². The molecule has 1 aliphatic rings. The van der Waals surface area contributed by atoms with Crippen molar-refractivity contribution in [1.82, 2.24) is 0 Å². The number of benzene rings is 2. The van der Waals surface area contributed by atoms with Crippen LogP contribution in [0.15, 0.2) is 48.5 Å². The van der Waals surface area contributed by atoms with Crippen LogP contribution in [0, 0.1) is 0 Å². The summed E-state index contributed by atoms with van der Waals surface area (Å²) in [6.45, 7) is 0. The van der Waals surface area contributed by atoms with Gasteiger partial charge in [0.05, 0.1) is 7.11 Å². The van der Waals surface area contributed by atoms with Gasteiger partial charge in [0.1, 0.15) is 5.75 Å². The average Bonchev–Trinajstić information content (AvgIpc) is 3.17. The van der Waals surface area contributed by atoms with Crippen LogP contribution in [0.5, 0.6) is 5.75 Å². The van der Waals surface area contributed by atoms with Gasteiger partial charge in [0.25, 0.3) is 0 Å². The summed E-state index contributed by atoms with van der Waals surface area (Å²) in [5.41, 5.74) is 9.30.